The Hall–Kier alpha value is -3.40. The summed E-state index contributed by atoms with van der Waals surface area (Å²) >= 11 is 5.95. The van der Waals surface area contributed by atoms with Crippen molar-refractivity contribution >= 4 is 40.8 Å². The molecule has 2 aromatic rings. The monoisotopic (exact) mass is 437 g/mol. The van der Waals surface area contributed by atoms with Crippen LogP contribution in [0.2, 0.25) is 5.02 Å². The van der Waals surface area contributed by atoms with E-state index < -0.39 is 28.9 Å². The molecule has 2 N–H and O–H groups in total. The summed E-state index contributed by atoms with van der Waals surface area (Å²) in [5, 5.41) is 13.4. The van der Waals surface area contributed by atoms with Crippen molar-refractivity contribution in [1.82, 2.24) is 4.98 Å². The molecular formula is C19H20ClN3O7. The van der Waals surface area contributed by atoms with Crippen LogP contribution in [0, 0.1) is 24.0 Å². The third kappa shape index (κ3) is 4.95. The Morgan fingerprint density at radius 1 is 1.27 bits per heavy atom. The van der Waals surface area contributed by atoms with Gasteiger partial charge in [-0.3, -0.25) is 14.9 Å². The number of hydrogen-bond donors (Lipinski definition) is 2. The van der Waals surface area contributed by atoms with Gasteiger partial charge in [-0.15, -0.1) is 0 Å². The van der Waals surface area contributed by atoms with Gasteiger partial charge in [0.15, 0.2) is 6.10 Å². The van der Waals surface area contributed by atoms with E-state index in [0.717, 1.165) is 6.07 Å². The largest absolute Gasteiger partial charge is 0.462 e. The van der Waals surface area contributed by atoms with Gasteiger partial charge in [0.1, 0.15) is 5.69 Å². The highest BCUT2D eigenvalue weighted by atomic mass is 35.5. The molecule has 10 nitrogen and oxygen atoms in total. The Kier molecular flexibility index (Phi) is 7.17. The van der Waals surface area contributed by atoms with Gasteiger partial charge in [-0.2, -0.15) is 0 Å². The zero-order valence-corrected chi connectivity index (χ0v) is 17.5. The van der Waals surface area contributed by atoms with Crippen molar-refractivity contribution in [3.05, 3.63) is 55.9 Å². The maximum absolute atomic E-state index is 12.5. The number of nitrogens with zero attached hydrogens (tertiary/aromatic N) is 1. The molecule has 1 heterocycles. The predicted octanol–water partition coefficient (Wildman–Crippen LogP) is 3.55. The van der Waals surface area contributed by atoms with Gasteiger partial charge >= 0.3 is 11.9 Å². The van der Waals surface area contributed by atoms with Gasteiger partial charge in [0.05, 0.1) is 27.8 Å². The summed E-state index contributed by atoms with van der Waals surface area (Å²) in [6, 6.07) is 3.56. The van der Waals surface area contributed by atoms with E-state index in [0.29, 0.717) is 11.3 Å². The molecule has 1 atom stereocenters. The van der Waals surface area contributed by atoms with Crippen LogP contribution in [0.3, 0.4) is 0 Å². The van der Waals surface area contributed by atoms with Crippen LogP contribution < -0.4 is 5.32 Å². The first kappa shape index (κ1) is 22.9. The molecule has 1 aromatic heterocycles. The standard InChI is InChI=1S/C19H20ClN3O7/c1-5-29-18(25)15-9(2)16(21-10(15)3)19(26)30-11(4)17(24)22-14-8-12(23(27)28)6-7-13(14)20/h6-8,11,21H,5H2,1-4H3,(H,22,24). The number of hydrogen-bond acceptors (Lipinski definition) is 7. The van der Waals surface area contributed by atoms with Crippen molar-refractivity contribution in [2.45, 2.75) is 33.8 Å². The highest BCUT2D eigenvalue weighted by Gasteiger charge is 2.27. The van der Waals surface area contributed by atoms with Gasteiger partial charge in [0.25, 0.3) is 11.6 Å². The summed E-state index contributed by atoms with van der Waals surface area (Å²) in [6.45, 7) is 6.34. The second kappa shape index (κ2) is 9.40. The fraction of sp³-hybridized carbons (Fsp3) is 0.316. The molecule has 30 heavy (non-hydrogen) atoms. The molecular weight excluding hydrogens is 418 g/mol. The Morgan fingerprint density at radius 2 is 1.93 bits per heavy atom. The number of non-ortho nitro benzene ring substituents is 1. The minimum absolute atomic E-state index is 0.00950. The molecule has 0 aliphatic rings. The molecule has 0 spiro atoms. The van der Waals surface area contributed by atoms with Crippen molar-refractivity contribution in [2.75, 3.05) is 11.9 Å². The lowest BCUT2D eigenvalue weighted by atomic mass is 10.1. The number of ether oxygens (including phenoxy) is 2. The molecule has 0 saturated heterocycles. The second-order valence-corrected chi connectivity index (χ2v) is 6.71. The number of amides is 1. The fourth-order valence-corrected chi connectivity index (χ4v) is 2.86. The molecule has 1 amide bonds. The zero-order chi connectivity index (χ0) is 22.6. The third-order valence-corrected chi connectivity index (χ3v) is 4.52. The number of aromatic nitrogens is 1. The number of H-pyrrole nitrogens is 1. The van der Waals surface area contributed by atoms with Crippen molar-refractivity contribution in [1.29, 1.82) is 0 Å². The Labute approximate surface area is 176 Å². The zero-order valence-electron chi connectivity index (χ0n) is 16.7. The Bertz CT molecular complexity index is 1020. The molecule has 11 heteroatoms. The third-order valence-electron chi connectivity index (χ3n) is 4.19. The number of carbonyl (C=O) groups is 3. The summed E-state index contributed by atoms with van der Waals surface area (Å²) < 4.78 is 10.1. The number of esters is 2. The van der Waals surface area contributed by atoms with Gasteiger partial charge in [0, 0.05) is 17.8 Å². The van der Waals surface area contributed by atoms with Crippen molar-refractivity contribution in [3.63, 3.8) is 0 Å². The van der Waals surface area contributed by atoms with Crippen molar-refractivity contribution in [2.24, 2.45) is 0 Å². The van der Waals surface area contributed by atoms with Gasteiger partial charge < -0.3 is 19.8 Å². The van der Waals surface area contributed by atoms with Crippen LogP contribution in [-0.2, 0) is 14.3 Å². The summed E-state index contributed by atoms with van der Waals surface area (Å²) in [5.74, 6) is -2.16. The molecule has 1 unspecified atom stereocenters. The van der Waals surface area contributed by atoms with Crippen LogP contribution in [0.5, 0.6) is 0 Å². The van der Waals surface area contributed by atoms with Crippen LogP contribution in [-0.4, -0.2) is 40.5 Å². The summed E-state index contributed by atoms with van der Waals surface area (Å²) in [7, 11) is 0. The van der Waals surface area contributed by atoms with Gasteiger partial charge in [-0.1, -0.05) is 11.6 Å². The van der Waals surface area contributed by atoms with Crippen LogP contribution in [0.15, 0.2) is 18.2 Å². The van der Waals surface area contributed by atoms with Crippen LogP contribution >= 0.6 is 11.6 Å². The van der Waals surface area contributed by atoms with E-state index in [4.69, 9.17) is 21.1 Å². The average molecular weight is 438 g/mol. The lowest BCUT2D eigenvalue weighted by molar-refractivity contribution is -0.384. The maximum atomic E-state index is 12.5. The lowest BCUT2D eigenvalue weighted by Crippen LogP contribution is -2.30. The van der Waals surface area contributed by atoms with E-state index in [-0.39, 0.29) is 34.3 Å². The molecule has 0 fully saturated rings. The first-order valence-electron chi connectivity index (χ1n) is 8.88. The van der Waals surface area contributed by atoms with Gasteiger partial charge in [0.2, 0.25) is 0 Å². The average Bonchev–Trinajstić information content (AvgIpc) is 2.97. The van der Waals surface area contributed by atoms with Gasteiger partial charge in [-0.25, -0.2) is 9.59 Å². The predicted molar refractivity (Wildman–Crippen MR) is 108 cm³/mol. The first-order chi connectivity index (χ1) is 14.1. The first-order valence-corrected chi connectivity index (χ1v) is 9.26. The molecule has 0 saturated carbocycles. The van der Waals surface area contributed by atoms with E-state index in [2.05, 4.69) is 10.3 Å². The highest BCUT2D eigenvalue weighted by Crippen LogP contribution is 2.27. The molecule has 160 valence electrons. The van der Waals surface area contributed by atoms with Crippen LogP contribution in [0.4, 0.5) is 11.4 Å². The number of nitro groups is 1. The SMILES string of the molecule is CCOC(=O)c1c(C)[nH]c(C(=O)OC(C)C(=O)Nc2cc([N+](=O)[O-])ccc2Cl)c1C. The van der Waals surface area contributed by atoms with E-state index in [9.17, 15) is 24.5 Å². The van der Waals surface area contributed by atoms with E-state index in [1.807, 2.05) is 0 Å². The molecule has 2 rings (SSSR count). The van der Waals surface area contributed by atoms with Crippen LogP contribution in [0.1, 0.15) is 46.0 Å². The number of aryl methyl sites for hydroxylation is 1. The summed E-state index contributed by atoms with van der Waals surface area (Å²) in [4.78, 5) is 49.9. The number of anilines is 1. The fourth-order valence-electron chi connectivity index (χ4n) is 2.69. The molecule has 0 bridgehead atoms. The lowest BCUT2D eigenvalue weighted by Gasteiger charge is -2.14. The summed E-state index contributed by atoms with van der Waals surface area (Å²) in [5.41, 5.74) is 0.759. The molecule has 0 aliphatic carbocycles. The topological polar surface area (TPSA) is 141 Å². The minimum atomic E-state index is -1.25. The number of halogens is 1. The molecule has 0 radical (unpaired) electrons. The number of nitro benzene ring substituents is 1. The van der Waals surface area contributed by atoms with E-state index in [1.165, 1.54) is 19.1 Å². The molecule has 0 aliphatic heterocycles. The maximum Gasteiger partial charge on any atom is 0.355 e. The smallest absolute Gasteiger partial charge is 0.355 e. The number of benzene rings is 1. The summed E-state index contributed by atoms with van der Waals surface area (Å²) in [6.07, 6.45) is -1.25. The molecule has 1 aromatic carbocycles. The Morgan fingerprint density at radius 3 is 2.53 bits per heavy atom. The van der Waals surface area contributed by atoms with Crippen molar-refractivity contribution < 1.29 is 28.8 Å². The van der Waals surface area contributed by atoms with E-state index in [1.54, 1.807) is 20.8 Å². The van der Waals surface area contributed by atoms with E-state index >= 15 is 0 Å². The number of aromatic amines is 1. The van der Waals surface area contributed by atoms with Gasteiger partial charge in [-0.05, 0) is 39.3 Å². The van der Waals surface area contributed by atoms with Crippen LogP contribution in [0.25, 0.3) is 0 Å². The number of carbonyl (C=O) groups excluding carboxylic acids is 3. The quantitative estimate of drug-likeness (QED) is 0.383. The normalized spacial score (nSPS) is 11.5. The van der Waals surface area contributed by atoms with Crippen molar-refractivity contribution in [3.8, 4) is 0 Å². The highest BCUT2D eigenvalue weighted by molar-refractivity contribution is 6.33. The Balaban J connectivity index is 2.14. The second-order valence-electron chi connectivity index (χ2n) is 6.30. The minimum Gasteiger partial charge on any atom is -0.462 e. The number of rotatable bonds is 7. The number of nitrogens with one attached hydrogen (secondary N) is 2.